The number of carbonyl (C=O) groups excluding carboxylic acids is 1. The molecule has 35 heavy (non-hydrogen) atoms. The van der Waals surface area contributed by atoms with E-state index in [1.807, 2.05) is 19.1 Å². The molecule has 0 aromatic heterocycles. The van der Waals surface area contributed by atoms with E-state index < -0.39 is 0 Å². The topological polar surface area (TPSA) is 60.0 Å². The number of ether oxygens (including phenoxy) is 3. The normalized spacial score (nSPS) is 16.2. The number of hydrogen-bond acceptors (Lipinski definition) is 5. The summed E-state index contributed by atoms with van der Waals surface area (Å²) in [5.41, 5.74) is 3.81. The van der Waals surface area contributed by atoms with E-state index in [2.05, 4.69) is 10.2 Å². The minimum Gasteiger partial charge on any atom is -0.497 e. The molecule has 7 heteroatoms. The summed E-state index contributed by atoms with van der Waals surface area (Å²) in [4.78, 5) is 15.4. The second-order valence-electron chi connectivity index (χ2n) is 8.69. The fourth-order valence-corrected chi connectivity index (χ4v) is 4.73. The van der Waals surface area contributed by atoms with Crippen molar-refractivity contribution >= 4 is 5.91 Å². The minimum absolute atomic E-state index is 0.120. The molecule has 1 N–H and O–H groups in total. The van der Waals surface area contributed by atoms with E-state index in [1.54, 1.807) is 57.7 Å². The van der Waals surface area contributed by atoms with E-state index in [9.17, 15) is 9.18 Å². The van der Waals surface area contributed by atoms with Gasteiger partial charge in [0.15, 0.2) is 11.5 Å². The number of hydrogen-bond donors (Lipinski definition) is 1. The fraction of sp³-hybridized carbons (Fsp3) is 0.321. The van der Waals surface area contributed by atoms with Gasteiger partial charge in [-0.3, -0.25) is 9.69 Å². The molecule has 0 saturated carbocycles. The third-order valence-electron chi connectivity index (χ3n) is 6.51. The number of methoxy groups -OCH3 is 3. The lowest BCUT2D eigenvalue weighted by molar-refractivity contribution is 0.0877. The standard InChI is InChI=1S/C28H31FN2O4/c1-18(30-28(32)20-7-11-23(33-2)12-8-20)27-24-16-26(35-4)25(34-3)15-21(24)13-14-31(27)17-19-5-9-22(29)10-6-19/h5-12,15-16,18,27H,13-14,17H2,1-4H3,(H,30,32). The van der Waals surface area contributed by atoms with Gasteiger partial charge in [0.05, 0.1) is 27.4 Å². The summed E-state index contributed by atoms with van der Waals surface area (Å²) >= 11 is 0. The Bertz CT molecular complexity index is 1160. The lowest BCUT2D eigenvalue weighted by atomic mass is 9.87. The molecule has 3 aromatic rings. The molecule has 6 nitrogen and oxygen atoms in total. The summed E-state index contributed by atoms with van der Waals surface area (Å²) in [6, 6.07) is 17.3. The van der Waals surface area contributed by atoms with Crippen molar-refractivity contribution in [1.29, 1.82) is 0 Å². The van der Waals surface area contributed by atoms with Crippen LogP contribution >= 0.6 is 0 Å². The van der Waals surface area contributed by atoms with Crippen LogP contribution in [-0.2, 0) is 13.0 Å². The van der Waals surface area contributed by atoms with E-state index in [0.717, 1.165) is 29.7 Å². The minimum atomic E-state index is -0.258. The Balaban J connectivity index is 1.66. The highest BCUT2D eigenvalue weighted by Gasteiger charge is 2.34. The molecule has 0 spiro atoms. The number of benzene rings is 3. The van der Waals surface area contributed by atoms with Gasteiger partial charge in [-0.1, -0.05) is 12.1 Å². The van der Waals surface area contributed by atoms with Crippen molar-refractivity contribution in [3.8, 4) is 17.2 Å². The number of rotatable bonds is 8. The maximum Gasteiger partial charge on any atom is 0.251 e. The van der Waals surface area contributed by atoms with Crippen molar-refractivity contribution in [2.45, 2.75) is 32.0 Å². The number of amides is 1. The molecule has 1 aliphatic rings. The molecule has 3 aromatic carbocycles. The van der Waals surface area contributed by atoms with Gasteiger partial charge in [0.1, 0.15) is 11.6 Å². The van der Waals surface area contributed by atoms with E-state index in [-0.39, 0.29) is 23.8 Å². The Morgan fingerprint density at radius 3 is 2.29 bits per heavy atom. The van der Waals surface area contributed by atoms with Crippen LogP contribution in [0.1, 0.15) is 40.0 Å². The lowest BCUT2D eigenvalue weighted by Crippen LogP contribution is -2.47. The van der Waals surface area contributed by atoms with Gasteiger partial charge in [-0.2, -0.15) is 0 Å². The monoisotopic (exact) mass is 478 g/mol. The molecule has 184 valence electrons. The summed E-state index contributed by atoms with van der Waals surface area (Å²) in [5, 5.41) is 3.18. The van der Waals surface area contributed by atoms with Crippen LogP contribution in [0.2, 0.25) is 0 Å². The number of halogens is 1. The van der Waals surface area contributed by atoms with Crippen LogP contribution in [0.25, 0.3) is 0 Å². The third kappa shape index (κ3) is 5.41. The van der Waals surface area contributed by atoms with Gasteiger partial charge >= 0.3 is 0 Å². The Hall–Kier alpha value is -3.58. The van der Waals surface area contributed by atoms with Crippen molar-refractivity contribution in [3.63, 3.8) is 0 Å². The Morgan fingerprint density at radius 2 is 1.66 bits per heavy atom. The molecule has 1 heterocycles. The first-order chi connectivity index (χ1) is 16.9. The maximum absolute atomic E-state index is 13.5. The predicted molar refractivity (Wildman–Crippen MR) is 133 cm³/mol. The first-order valence-corrected chi connectivity index (χ1v) is 11.6. The van der Waals surface area contributed by atoms with Crippen molar-refractivity contribution in [2.75, 3.05) is 27.9 Å². The van der Waals surface area contributed by atoms with Crippen LogP contribution in [0.15, 0.2) is 60.7 Å². The van der Waals surface area contributed by atoms with Gasteiger partial charge in [-0.25, -0.2) is 4.39 Å². The van der Waals surface area contributed by atoms with Crippen LogP contribution in [-0.4, -0.2) is 44.7 Å². The highest BCUT2D eigenvalue weighted by Crippen LogP contribution is 2.40. The molecule has 1 aliphatic heterocycles. The van der Waals surface area contributed by atoms with Crippen LogP contribution < -0.4 is 19.5 Å². The molecule has 0 fully saturated rings. The third-order valence-corrected chi connectivity index (χ3v) is 6.51. The van der Waals surface area contributed by atoms with E-state index in [0.29, 0.717) is 29.4 Å². The number of fused-ring (bicyclic) bond motifs is 1. The zero-order valence-electron chi connectivity index (χ0n) is 20.5. The Morgan fingerprint density at radius 1 is 1.00 bits per heavy atom. The number of nitrogens with one attached hydrogen (secondary N) is 1. The predicted octanol–water partition coefficient (Wildman–Crippen LogP) is 4.77. The molecule has 0 bridgehead atoms. The molecule has 0 aliphatic carbocycles. The summed E-state index contributed by atoms with van der Waals surface area (Å²) in [6.45, 7) is 3.42. The summed E-state index contributed by atoms with van der Waals surface area (Å²) in [7, 11) is 4.84. The Labute approximate surface area is 205 Å². The van der Waals surface area contributed by atoms with Gasteiger partial charge in [0, 0.05) is 24.7 Å². The van der Waals surface area contributed by atoms with E-state index >= 15 is 0 Å². The zero-order chi connectivity index (χ0) is 24.9. The lowest BCUT2D eigenvalue weighted by Gasteiger charge is -2.41. The summed E-state index contributed by atoms with van der Waals surface area (Å²) in [6.07, 6.45) is 0.826. The fourth-order valence-electron chi connectivity index (χ4n) is 4.73. The average molecular weight is 479 g/mol. The number of nitrogens with zero attached hydrogens (tertiary/aromatic N) is 1. The highest BCUT2D eigenvalue weighted by atomic mass is 19.1. The first kappa shape index (κ1) is 24.5. The van der Waals surface area contributed by atoms with Gasteiger partial charge in [0.25, 0.3) is 5.91 Å². The molecule has 4 rings (SSSR count). The molecule has 2 atom stereocenters. The van der Waals surface area contributed by atoms with Crippen molar-refractivity contribution in [2.24, 2.45) is 0 Å². The molecule has 0 radical (unpaired) electrons. The quantitative estimate of drug-likeness (QED) is 0.506. The summed E-state index contributed by atoms with van der Waals surface area (Å²) < 4.78 is 29.8. The van der Waals surface area contributed by atoms with E-state index in [1.165, 1.54) is 12.1 Å². The van der Waals surface area contributed by atoms with Gasteiger partial charge in [-0.05, 0) is 78.6 Å². The van der Waals surface area contributed by atoms with Crippen molar-refractivity contribution < 1.29 is 23.4 Å². The zero-order valence-corrected chi connectivity index (χ0v) is 20.5. The first-order valence-electron chi connectivity index (χ1n) is 11.6. The van der Waals surface area contributed by atoms with Crippen LogP contribution in [0, 0.1) is 5.82 Å². The largest absolute Gasteiger partial charge is 0.497 e. The van der Waals surface area contributed by atoms with Gasteiger partial charge in [-0.15, -0.1) is 0 Å². The summed E-state index contributed by atoms with van der Waals surface area (Å²) in [5.74, 6) is 1.61. The van der Waals surface area contributed by atoms with Crippen LogP contribution in [0.5, 0.6) is 17.2 Å². The molecular weight excluding hydrogens is 447 g/mol. The highest BCUT2D eigenvalue weighted by molar-refractivity contribution is 5.94. The van der Waals surface area contributed by atoms with Crippen LogP contribution in [0.4, 0.5) is 4.39 Å². The Kier molecular flexibility index (Phi) is 7.56. The van der Waals surface area contributed by atoms with Gasteiger partial charge < -0.3 is 19.5 Å². The molecule has 2 unspecified atom stereocenters. The number of carbonyl (C=O) groups is 1. The van der Waals surface area contributed by atoms with E-state index in [4.69, 9.17) is 14.2 Å². The maximum atomic E-state index is 13.5. The smallest absolute Gasteiger partial charge is 0.251 e. The van der Waals surface area contributed by atoms with Crippen LogP contribution in [0.3, 0.4) is 0 Å². The SMILES string of the molecule is COc1ccc(C(=O)NC(C)C2c3cc(OC)c(OC)cc3CCN2Cc2ccc(F)cc2)cc1. The van der Waals surface area contributed by atoms with Crippen molar-refractivity contribution in [3.05, 3.63) is 88.7 Å². The second-order valence-corrected chi connectivity index (χ2v) is 8.69. The van der Waals surface area contributed by atoms with Gasteiger partial charge in [0.2, 0.25) is 0 Å². The van der Waals surface area contributed by atoms with Crippen molar-refractivity contribution in [1.82, 2.24) is 10.2 Å². The molecule has 1 amide bonds. The molecule has 0 saturated heterocycles. The second kappa shape index (κ2) is 10.8. The average Bonchev–Trinajstić information content (AvgIpc) is 2.88. The molecular formula is C28H31FN2O4.